The molecule has 2 heteroatoms. The van der Waals surface area contributed by atoms with Crippen LogP contribution >= 0.6 is 0 Å². The first-order chi connectivity index (χ1) is 6.08. The van der Waals surface area contributed by atoms with E-state index in [1.165, 1.54) is 6.42 Å². The van der Waals surface area contributed by atoms with Crippen molar-refractivity contribution in [3.8, 4) is 0 Å². The molecule has 1 atom stereocenters. The Bertz CT molecular complexity index is 154. The van der Waals surface area contributed by atoms with E-state index in [4.69, 9.17) is 0 Å². The van der Waals surface area contributed by atoms with Crippen molar-refractivity contribution in [2.75, 3.05) is 19.7 Å². The summed E-state index contributed by atoms with van der Waals surface area (Å²) in [5.74, 6) is 0.665. The molecule has 1 aliphatic heterocycles. The Hall–Kier alpha value is -0.0800. The molecule has 1 heterocycles. The third-order valence-corrected chi connectivity index (χ3v) is 2.92. The molecule has 0 aliphatic carbocycles. The quantitative estimate of drug-likeness (QED) is 0.724. The van der Waals surface area contributed by atoms with E-state index < -0.39 is 0 Å². The summed E-state index contributed by atoms with van der Waals surface area (Å²) in [4.78, 5) is 2.10. The lowest BCUT2D eigenvalue weighted by Gasteiger charge is -2.41. The molecule has 0 aromatic heterocycles. The predicted molar refractivity (Wildman–Crippen MR) is 55.1 cm³/mol. The molecule has 1 aliphatic rings. The highest BCUT2D eigenvalue weighted by Gasteiger charge is 2.34. The number of piperidine rings is 1. The van der Waals surface area contributed by atoms with Crippen molar-refractivity contribution in [2.45, 2.75) is 33.1 Å². The van der Waals surface area contributed by atoms with Crippen LogP contribution in [0.1, 0.15) is 33.1 Å². The van der Waals surface area contributed by atoms with Crippen LogP contribution in [0, 0.1) is 18.4 Å². The van der Waals surface area contributed by atoms with Gasteiger partial charge in [0.15, 0.2) is 0 Å². The SMILES string of the molecule is [CH2]N1CCCC(CO)(CC(C)C)C1. The van der Waals surface area contributed by atoms with Crippen molar-refractivity contribution in [1.29, 1.82) is 0 Å². The zero-order valence-corrected chi connectivity index (χ0v) is 8.92. The van der Waals surface area contributed by atoms with Gasteiger partial charge in [0.2, 0.25) is 0 Å². The molecule has 1 rings (SSSR count). The van der Waals surface area contributed by atoms with Crippen LogP contribution in [-0.2, 0) is 0 Å². The van der Waals surface area contributed by atoms with Crippen LogP contribution in [0.2, 0.25) is 0 Å². The molecule has 0 saturated carbocycles. The van der Waals surface area contributed by atoms with Crippen LogP contribution in [0.15, 0.2) is 0 Å². The molecule has 0 amide bonds. The summed E-state index contributed by atoms with van der Waals surface area (Å²) in [6.07, 6.45) is 3.46. The molecule has 0 aromatic carbocycles. The number of aliphatic hydroxyl groups is 1. The van der Waals surface area contributed by atoms with Gasteiger partial charge in [0.25, 0.3) is 0 Å². The first-order valence-electron chi connectivity index (χ1n) is 5.24. The van der Waals surface area contributed by atoms with Crippen molar-refractivity contribution in [1.82, 2.24) is 4.90 Å². The summed E-state index contributed by atoms with van der Waals surface area (Å²) in [6.45, 7) is 6.80. The van der Waals surface area contributed by atoms with Gasteiger partial charge in [-0.25, -0.2) is 0 Å². The van der Waals surface area contributed by atoms with E-state index in [1.807, 2.05) is 0 Å². The van der Waals surface area contributed by atoms with Crippen LogP contribution in [0.3, 0.4) is 0 Å². The summed E-state index contributed by atoms with van der Waals surface area (Å²) in [5, 5.41) is 9.45. The van der Waals surface area contributed by atoms with Gasteiger partial charge in [-0.2, -0.15) is 0 Å². The molecule has 0 bridgehead atoms. The summed E-state index contributed by atoms with van der Waals surface area (Å²) >= 11 is 0. The standard InChI is InChI=1S/C11H22NO/c1-10(2)7-11(9-13)5-4-6-12(3)8-11/h10,13H,3-9H2,1-2H3. The molecule has 13 heavy (non-hydrogen) atoms. The third-order valence-electron chi connectivity index (χ3n) is 2.92. The van der Waals surface area contributed by atoms with Gasteiger partial charge in [0, 0.05) is 25.6 Å². The Morgan fingerprint density at radius 1 is 1.54 bits per heavy atom. The minimum atomic E-state index is 0.133. The van der Waals surface area contributed by atoms with E-state index in [2.05, 4.69) is 25.8 Å². The van der Waals surface area contributed by atoms with Crippen LogP contribution in [0.4, 0.5) is 0 Å². The number of hydrogen-bond donors (Lipinski definition) is 1. The molecule has 0 spiro atoms. The Morgan fingerprint density at radius 2 is 2.23 bits per heavy atom. The lowest BCUT2D eigenvalue weighted by Crippen LogP contribution is -2.43. The first kappa shape index (κ1) is 11.0. The second-order valence-electron chi connectivity index (χ2n) is 4.91. The molecule has 1 N–H and O–H groups in total. The highest BCUT2D eigenvalue weighted by molar-refractivity contribution is 4.87. The van der Waals surface area contributed by atoms with Crippen molar-refractivity contribution >= 4 is 0 Å². The summed E-state index contributed by atoms with van der Waals surface area (Å²) in [6, 6.07) is 0. The fraction of sp³-hybridized carbons (Fsp3) is 0.909. The van der Waals surface area contributed by atoms with Crippen LogP contribution < -0.4 is 0 Å². The van der Waals surface area contributed by atoms with Crippen LogP contribution in [-0.4, -0.2) is 29.7 Å². The second-order valence-corrected chi connectivity index (χ2v) is 4.91. The topological polar surface area (TPSA) is 23.5 Å². The largest absolute Gasteiger partial charge is 0.396 e. The minimum absolute atomic E-state index is 0.133. The van der Waals surface area contributed by atoms with Gasteiger partial charge in [0.05, 0.1) is 0 Å². The monoisotopic (exact) mass is 184 g/mol. The summed E-state index contributed by atoms with van der Waals surface area (Å²) in [7, 11) is 3.97. The Morgan fingerprint density at radius 3 is 2.69 bits per heavy atom. The smallest absolute Gasteiger partial charge is 0.0499 e. The number of nitrogens with zero attached hydrogens (tertiary/aromatic N) is 1. The van der Waals surface area contributed by atoms with Crippen molar-refractivity contribution < 1.29 is 5.11 Å². The zero-order chi connectivity index (χ0) is 9.90. The van der Waals surface area contributed by atoms with Gasteiger partial charge in [-0.05, 0) is 31.7 Å². The molecule has 1 fully saturated rings. The van der Waals surface area contributed by atoms with Gasteiger partial charge in [-0.15, -0.1) is 0 Å². The van der Waals surface area contributed by atoms with Gasteiger partial charge in [-0.1, -0.05) is 13.8 Å². The van der Waals surface area contributed by atoms with E-state index >= 15 is 0 Å². The second kappa shape index (κ2) is 4.43. The maximum absolute atomic E-state index is 9.45. The highest BCUT2D eigenvalue weighted by atomic mass is 16.3. The van der Waals surface area contributed by atoms with Crippen molar-refractivity contribution in [3.63, 3.8) is 0 Å². The first-order valence-corrected chi connectivity index (χ1v) is 5.24. The number of likely N-dealkylation sites (tertiary alicyclic amines) is 1. The maximum atomic E-state index is 9.45. The molecular formula is C11H22NO. The fourth-order valence-electron chi connectivity index (χ4n) is 2.54. The number of hydrogen-bond acceptors (Lipinski definition) is 2. The molecule has 2 nitrogen and oxygen atoms in total. The highest BCUT2D eigenvalue weighted by Crippen LogP contribution is 2.35. The predicted octanol–water partition coefficient (Wildman–Crippen LogP) is 1.90. The van der Waals surface area contributed by atoms with Crippen LogP contribution in [0.25, 0.3) is 0 Å². The molecule has 1 unspecified atom stereocenters. The average molecular weight is 184 g/mol. The van der Waals surface area contributed by atoms with E-state index in [1.54, 1.807) is 0 Å². The maximum Gasteiger partial charge on any atom is 0.0499 e. The van der Waals surface area contributed by atoms with Crippen LogP contribution in [0.5, 0.6) is 0 Å². The van der Waals surface area contributed by atoms with E-state index in [-0.39, 0.29) is 5.41 Å². The summed E-state index contributed by atoms with van der Waals surface area (Å²) < 4.78 is 0. The van der Waals surface area contributed by atoms with E-state index in [0.29, 0.717) is 12.5 Å². The molecule has 0 aromatic rings. The number of rotatable bonds is 3. The number of aliphatic hydroxyl groups excluding tert-OH is 1. The fourth-order valence-corrected chi connectivity index (χ4v) is 2.54. The van der Waals surface area contributed by atoms with Gasteiger partial charge < -0.3 is 10.0 Å². The van der Waals surface area contributed by atoms with Gasteiger partial charge in [-0.3, -0.25) is 0 Å². The Balaban J connectivity index is 2.56. The van der Waals surface area contributed by atoms with Gasteiger partial charge in [0.1, 0.15) is 0 Å². The minimum Gasteiger partial charge on any atom is -0.396 e. The average Bonchev–Trinajstić information content (AvgIpc) is 2.03. The normalized spacial score (nSPS) is 31.2. The zero-order valence-electron chi connectivity index (χ0n) is 8.92. The van der Waals surface area contributed by atoms with Crippen molar-refractivity contribution in [3.05, 3.63) is 7.05 Å². The molecule has 77 valence electrons. The lowest BCUT2D eigenvalue weighted by atomic mass is 9.75. The van der Waals surface area contributed by atoms with E-state index in [0.717, 1.165) is 25.9 Å². The Labute approximate surface area is 81.9 Å². The lowest BCUT2D eigenvalue weighted by molar-refractivity contribution is 0.0331. The molecule has 1 radical (unpaired) electrons. The molecular weight excluding hydrogens is 162 g/mol. The molecule has 1 saturated heterocycles. The van der Waals surface area contributed by atoms with Gasteiger partial charge >= 0.3 is 0 Å². The summed E-state index contributed by atoms with van der Waals surface area (Å²) in [5.41, 5.74) is 0.133. The Kier molecular flexibility index (Phi) is 3.74. The van der Waals surface area contributed by atoms with Crippen molar-refractivity contribution in [2.24, 2.45) is 11.3 Å². The third kappa shape index (κ3) is 2.96. The van der Waals surface area contributed by atoms with E-state index in [9.17, 15) is 5.11 Å².